The van der Waals surface area contributed by atoms with Gasteiger partial charge in [-0.3, -0.25) is 4.79 Å². The van der Waals surface area contributed by atoms with E-state index in [0.29, 0.717) is 12.1 Å². The molecule has 0 spiro atoms. The molecule has 1 aromatic carbocycles. The van der Waals surface area contributed by atoms with Gasteiger partial charge in [0.15, 0.2) is 0 Å². The second-order valence-corrected chi connectivity index (χ2v) is 9.61. The second-order valence-electron chi connectivity index (χ2n) is 6.10. The Kier molecular flexibility index (Phi) is 5.20. The van der Waals surface area contributed by atoms with E-state index >= 15 is 0 Å². The number of carbonyl (C=O) groups excluding carboxylic acids is 1. The smallest absolute Gasteiger partial charge is 0.254 e. The minimum Gasteiger partial charge on any atom is -0.331 e. The van der Waals surface area contributed by atoms with Crippen LogP contribution in [0.4, 0.5) is 0 Å². The summed E-state index contributed by atoms with van der Waals surface area (Å²) in [6.07, 6.45) is 1.85. The number of carbonyl (C=O) groups is 1. The summed E-state index contributed by atoms with van der Waals surface area (Å²) in [5.41, 5.74) is 0.341. The quantitative estimate of drug-likeness (QED) is 0.790. The molecule has 1 aliphatic rings. The predicted molar refractivity (Wildman–Crippen MR) is 99.7 cm³/mol. The molecule has 0 saturated carbocycles. The number of hydrogen-bond acceptors (Lipinski definition) is 4. The minimum absolute atomic E-state index is 0.0445. The Labute approximate surface area is 156 Å². The van der Waals surface area contributed by atoms with Gasteiger partial charge in [-0.15, -0.1) is 11.3 Å². The molecule has 2 aromatic rings. The van der Waals surface area contributed by atoms with E-state index in [1.165, 1.54) is 26.2 Å². The molecule has 1 unspecified atom stereocenters. The van der Waals surface area contributed by atoms with Gasteiger partial charge in [-0.2, -0.15) is 0 Å². The molecule has 1 fully saturated rings. The summed E-state index contributed by atoms with van der Waals surface area (Å²) in [5, 5.41) is 2.11. The normalized spacial score (nSPS) is 18.1. The lowest BCUT2D eigenvalue weighted by molar-refractivity contribution is 0.0737. The average Bonchev–Trinajstić information content (AvgIpc) is 3.25. The van der Waals surface area contributed by atoms with E-state index in [1.54, 1.807) is 17.4 Å². The van der Waals surface area contributed by atoms with Crippen molar-refractivity contribution in [3.63, 3.8) is 0 Å². The van der Waals surface area contributed by atoms with Crippen molar-refractivity contribution in [1.82, 2.24) is 9.21 Å². The lowest BCUT2D eigenvalue weighted by Crippen LogP contribution is -2.30. The first-order valence-electron chi connectivity index (χ1n) is 7.89. The van der Waals surface area contributed by atoms with Crippen LogP contribution in [-0.2, 0) is 10.0 Å². The van der Waals surface area contributed by atoms with Crippen molar-refractivity contribution in [2.75, 3.05) is 20.6 Å². The predicted octanol–water partition coefficient (Wildman–Crippen LogP) is 3.63. The van der Waals surface area contributed by atoms with Gasteiger partial charge in [-0.25, -0.2) is 12.7 Å². The van der Waals surface area contributed by atoms with Gasteiger partial charge in [0.05, 0.1) is 11.1 Å². The first-order valence-corrected chi connectivity index (χ1v) is 10.6. The van der Waals surface area contributed by atoms with E-state index in [1.807, 2.05) is 22.4 Å². The van der Waals surface area contributed by atoms with Crippen molar-refractivity contribution >= 4 is 38.9 Å². The Bertz CT molecular complexity index is 879. The number of rotatable bonds is 4. The van der Waals surface area contributed by atoms with Crippen LogP contribution >= 0.6 is 22.9 Å². The van der Waals surface area contributed by atoms with Crippen LogP contribution in [-0.4, -0.2) is 44.2 Å². The molecule has 0 N–H and O–H groups in total. The molecule has 1 saturated heterocycles. The molecular formula is C17H19ClN2O3S2. The Morgan fingerprint density at radius 1 is 1.32 bits per heavy atom. The first-order chi connectivity index (χ1) is 11.8. The third-order valence-corrected chi connectivity index (χ3v) is 7.59. The summed E-state index contributed by atoms with van der Waals surface area (Å²) in [7, 11) is -0.835. The van der Waals surface area contributed by atoms with Crippen LogP contribution in [0.15, 0.2) is 40.6 Å². The number of nitrogens with zero attached hydrogens (tertiary/aromatic N) is 2. The fourth-order valence-corrected chi connectivity index (χ4v) is 5.25. The van der Waals surface area contributed by atoms with Gasteiger partial charge >= 0.3 is 0 Å². The zero-order valence-corrected chi connectivity index (χ0v) is 16.4. The Balaban J connectivity index is 1.95. The highest BCUT2D eigenvalue weighted by Crippen LogP contribution is 2.36. The maximum Gasteiger partial charge on any atom is 0.254 e. The molecule has 1 aromatic heterocycles. The van der Waals surface area contributed by atoms with Gasteiger partial charge in [0.2, 0.25) is 10.0 Å². The fourth-order valence-electron chi connectivity index (χ4n) is 2.98. The van der Waals surface area contributed by atoms with E-state index in [2.05, 4.69) is 0 Å². The van der Waals surface area contributed by atoms with Crippen LogP contribution in [0, 0.1) is 0 Å². The van der Waals surface area contributed by atoms with Crippen molar-refractivity contribution in [2.24, 2.45) is 0 Å². The fraction of sp³-hybridized carbons (Fsp3) is 0.353. The zero-order valence-electron chi connectivity index (χ0n) is 14.0. The second kappa shape index (κ2) is 7.07. The largest absolute Gasteiger partial charge is 0.331 e. The van der Waals surface area contributed by atoms with Gasteiger partial charge in [0.25, 0.3) is 5.91 Å². The molecule has 5 nitrogen and oxygen atoms in total. The Morgan fingerprint density at radius 3 is 2.72 bits per heavy atom. The Morgan fingerprint density at radius 2 is 2.08 bits per heavy atom. The third-order valence-electron chi connectivity index (χ3n) is 4.32. The lowest BCUT2D eigenvalue weighted by atomic mass is 10.1. The monoisotopic (exact) mass is 398 g/mol. The maximum atomic E-state index is 13.0. The topological polar surface area (TPSA) is 57.7 Å². The Hall–Kier alpha value is -1.41. The molecule has 0 aliphatic carbocycles. The molecule has 3 rings (SSSR count). The highest BCUT2D eigenvalue weighted by molar-refractivity contribution is 7.89. The molecule has 1 aliphatic heterocycles. The summed E-state index contributed by atoms with van der Waals surface area (Å²) < 4.78 is 25.9. The summed E-state index contributed by atoms with van der Waals surface area (Å²) in [6, 6.07) is 8.50. The summed E-state index contributed by atoms with van der Waals surface area (Å²) in [5.74, 6) is -0.164. The number of amides is 1. The van der Waals surface area contributed by atoms with Crippen molar-refractivity contribution in [2.45, 2.75) is 23.8 Å². The van der Waals surface area contributed by atoms with Gasteiger partial charge in [0.1, 0.15) is 4.90 Å². The van der Waals surface area contributed by atoms with Crippen molar-refractivity contribution in [3.8, 4) is 0 Å². The van der Waals surface area contributed by atoms with E-state index in [-0.39, 0.29) is 21.9 Å². The molecular weight excluding hydrogens is 380 g/mol. The highest BCUT2D eigenvalue weighted by Gasteiger charge is 2.32. The van der Waals surface area contributed by atoms with Gasteiger partial charge in [-0.1, -0.05) is 17.7 Å². The number of sulfonamides is 1. The zero-order chi connectivity index (χ0) is 18.2. The number of hydrogen-bond donors (Lipinski definition) is 0. The van der Waals surface area contributed by atoms with Crippen molar-refractivity contribution in [1.29, 1.82) is 0 Å². The third kappa shape index (κ3) is 3.46. The van der Waals surface area contributed by atoms with E-state index < -0.39 is 10.0 Å². The standard InChI is InChI=1S/C17H19ClN2O3S2/c1-19(2)25(22,23)16-11-12(7-8-13(16)18)17(21)20-9-3-5-14(20)15-6-4-10-24-15/h4,6-8,10-11,14H,3,5,9H2,1-2H3. The first kappa shape index (κ1) is 18.4. The number of likely N-dealkylation sites (tertiary alicyclic amines) is 1. The van der Waals surface area contributed by atoms with Gasteiger partial charge in [-0.05, 0) is 42.5 Å². The van der Waals surface area contributed by atoms with E-state index in [4.69, 9.17) is 11.6 Å². The number of halogens is 1. The van der Waals surface area contributed by atoms with Crippen molar-refractivity contribution < 1.29 is 13.2 Å². The highest BCUT2D eigenvalue weighted by atomic mass is 35.5. The molecule has 134 valence electrons. The molecule has 25 heavy (non-hydrogen) atoms. The van der Waals surface area contributed by atoms with Gasteiger partial charge < -0.3 is 4.90 Å². The molecule has 0 bridgehead atoms. The van der Waals surface area contributed by atoms with E-state index in [9.17, 15) is 13.2 Å². The van der Waals surface area contributed by atoms with Crippen LogP contribution < -0.4 is 0 Å². The average molecular weight is 399 g/mol. The number of benzene rings is 1. The SMILES string of the molecule is CN(C)S(=O)(=O)c1cc(C(=O)N2CCCC2c2cccs2)ccc1Cl. The summed E-state index contributed by atoms with van der Waals surface area (Å²) >= 11 is 7.70. The van der Waals surface area contributed by atoms with Gasteiger partial charge in [0, 0.05) is 31.1 Å². The lowest BCUT2D eigenvalue weighted by Gasteiger charge is -2.24. The van der Waals surface area contributed by atoms with E-state index in [0.717, 1.165) is 22.0 Å². The van der Waals surface area contributed by atoms with Crippen LogP contribution in [0.1, 0.15) is 34.1 Å². The van der Waals surface area contributed by atoms with Crippen LogP contribution in [0.25, 0.3) is 0 Å². The molecule has 0 radical (unpaired) electrons. The van der Waals surface area contributed by atoms with Crippen LogP contribution in [0.5, 0.6) is 0 Å². The summed E-state index contributed by atoms with van der Waals surface area (Å²) in [4.78, 5) is 15.9. The van der Waals surface area contributed by atoms with Crippen molar-refractivity contribution in [3.05, 3.63) is 51.2 Å². The van der Waals surface area contributed by atoms with Crippen LogP contribution in [0.3, 0.4) is 0 Å². The molecule has 8 heteroatoms. The minimum atomic E-state index is -3.71. The molecule has 1 amide bonds. The maximum absolute atomic E-state index is 13.0. The number of thiophene rings is 1. The summed E-state index contributed by atoms with van der Waals surface area (Å²) in [6.45, 7) is 0.666. The molecule has 1 atom stereocenters. The molecule has 2 heterocycles. The van der Waals surface area contributed by atoms with Crippen LogP contribution in [0.2, 0.25) is 5.02 Å².